The molecule has 0 saturated carbocycles. The third-order valence-electron chi connectivity index (χ3n) is 3.57. The maximum absolute atomic E-state index is 13.8. The van der Waals surface area contributed by atoms with Crippen molar-refractivity contribution in [2.24, 2.45) is 0 Å². The zero-order chi connectivity index (χ0) is 33.2. The Morgan fingerprint density at radius 1 is 0.375 bits per heavy atom. The highest BCUT2D eigenvalue weighted by Crippen LogP contribution is 2.56. The van der Waals surface area contributed by atoms with Crippen LogP contribution in [0.15, 0.2) is 0 Å². The molecule has 2 atom stereocenters. The van der Waals surface area contributed by atoms with Gasteiger partial charge < -0.3 is 4.74 Å². The molecule has 0 N–H and O–H groups in total. The summed E-state index contributed by atoms with van der Waals surface area (Å²) in [4.78, 5) is 11.0. The first-order chi connectivity index (χ1) is 16.8. The number of halogens is 24. The molecular formula is C12F24O4. The molecule has 0 aliphatic heterocycles. The lowest BCUT2D eigenvalue weighted by Crippen LogP contribution is -2.67. The lowest BCUT2D eigenvalue weighted by atomic mass is 10.2. The standard InChI is InChI=1S/C12F24O4/c13-2(6(19,20)21,39-10(31,32)3(14,15)7(22,23)24)1(37)38-12(35,36)5(18,9(28,29)30)40-11(33,34)4(16,17)8(25,26)27. The van der Waals surface area contributed by atoms with Gasteiger partial charge in [0.05, 0.1) is 0 Å². The molecule has 0 saturated heterocycles. The highest BCUT2D eigenvalue weighted by molar-refractivity contribution is 5.79. The average Bonchev–Trinajstić information content (AvgIpc) is 2.62. The number of esters is 1. The molecule has 0 heterocycles. The van der Waals surface area contributed by atoms with Gasteiger partial charge in [0.15, 0.2) is 0 Å². The van der Waals surface area contributed by atoms with Gasteiger partial charge in [-0.15, -0.1) is 0 Å². The van der Waals surface area contributed by atoms with E-state index in [1.165, 1.54) is 9.47 Å². The van der Waals surface area contributed by atoms with Crippen LogP contribution in [0.1, 0.15) is 0 Å². The molecule has 0 aromatic heterocycles. The molecule has 2 unspecified atom stereocenters. The molecule has 0 aromatic rings. The van der Waals surface area contributed by atoms with E-state index in [1.807, 2.05) is 0 Å². The van der Waals surface area contributed by atoms with Crippen LogP contribution >= 0.6 is 0 Å². The third kappa shape index (κ3) is 6.14. The summed E-state index contributed by atoms with van der Waals surface area (Å²) in [6, 6.07) is 0. The lowest BCUT2D eigenvalue weighted by molar-refractivity contribution is -0.531. The summed E-state index contributed by atoms with van der Waals surface area (Å²) in [5.41, 5.74) is 0. The van der Waals surface area contributed by atoms with Gasteiger partial charge in [-0.05, 0) is 0 Å². The Bertz CT molecular complexity index is 924. The summed E-state index contributed by atoms with van der Waals surface area (Å²) in [6.45, 7) is 0. The van der Waals surface area contributed by atoms with E-state index < -0.39 is 72.6 Å². The second kappa shape index (κ2) is 9.63. The van der Waals surface area contributed by atoms with Crippen molar-refractivity contribution in [3.8, 4) is 0 Å². The second-order valence-electron chi connectivity index (χ2n) is 6.47. The molecule has 0 aliphatic carbocycles. The summed E-state index contributed by atoms with van der Waals surface area (Å²) >= 11 is 0. The molecule has 0 rings (SSSR count). The zero-order valence-electron chi connectivity index (χ0n) is 16.7. The van der Waals surface area contributed by atoms with Crippen LogP contribution in [0.25, 0.3) is 0 Å². The van der Waals surface area contributed by atoms with Crippen molar-refractivity contribution >= 4 is 5.97 Å². The van der Waals surface area contributed by atoms with Crippen molar-refractivity contribution < 1.29 is 124 Å². The van der Waals surface area contributed by atoms with E-state index in [1.54, 1.807) is 0 Å². The summed E-state index contributed by atoms with van der Waals surface area (Å²) in [7, 11) is 0. The minimum atomic E-state index is -8.45. The Morgan fingerprint density at radius 3 is 0.925 bits per heavy atom. The van der Waals surface area contributed by atoms with E-state index in [4.69, 9.17) is 0 Å². The predicted octanol–water partition coefficient (Wildman–Crippen LogP) is 7.19. The first-order valence-electron chi connectivity index (χ1n) is 7.96. The van der Waals surface area contributed by atoms with Gasteiger partial charge in [0.1, 0.15) is 0 Å². The SMILES string of the molecule is O=C(OC(F)(F)C(F)(OC(F)(F)C(F)(F)C(F)(F)F)C(F)(F)F)C(F)(OC(F)(F)C(F)(F)C(F)(F)F)C(F)(F)F. The van der Waals surface area contributed by atoms with Gasteiger partial charge in [0, 0.05) is 0 Å². The van der Waals surface area contributed by atoms with E-state index in [-0.39, 0.29) is 0 Å². The van der Waals surface area contributed by atoms with Crippen LogP contribution in [0.3, 0.4) is 0 Å². The molecule has 0 radical (unpaired) electrons. The molecule has 0 amide bonds. The monoisotopic (exact) mass is 664 g/mol. The summed E-state index contributed by atoms with van der Waals surface area (Å²) in [5, 5.41) is 0. The van der Waals surface area contributed by atoms with Gasteiger partial charge in [-0.1, -0.05) is 0 Å². The van der Waals surface area contributed by atoms with Gasteiger partial charge in [0.25, 0.3) is 0 Å². The molecule has 40 heavy (non-hydrogen) atoms. The number of carbonyl (C=O) groups is 1. The molecule has 0 fully saturated rings. The van der Waals surface area contributed by atoms with Gasteiger partial charge in [0.2, 0.25) is 0 Å². The maximum atomic E-state index is 13.8. The van der Waals surface area contributed by atoms with E-state index in [9.17, 15) is 110 Å². The van der Waals surface area contributed by atoms with E-state index in [0.717, 1.165) is 4.74 Å². The van der Waals surface area contributed by atoms with Crippen LogP contribution in [0.5, 0.6) is 0 Å². The molecule has 4 nitrogen and oxygen atoms in total. The van der Waals surface area contributed by atoms with Crippen LogP contribution in [-0.2, 0) is 19.0 Å². The fraction of sp³-hybridized carbons (Fsp3) is 0.917. The highest BCUT2D eigenvalue weighted by atomic mass is 19.4. The number of hydrogen-bond donors (Lipinski definition) is 0. The van der Waals surface area contributed by atoms with Gasteiger partial charge in [-0.3, -0.25) is 9.47 Å². The van der Waals surface area contributed by atoms with E-state index in [0.29, 0.717) is 0 Å². The number of alkyl halides is 24. The molecule has 0 aliphatic rings. The minimum Gasteiger partial charge on any atom is -0.392 e. The van der Waals surface area contributed by atoms with Crippen molar-refractivity contribution in [3.05, 3.63) is 0 Å². The Hall–Kier alpha value is -2.29. The highest BCUT2D eigenvalue weighted by Gasteiger charge is 2.86. The Balaban J connectivity index is 6.91. The van der Waals surface area contributed by atoms with Crippen molar-refractivity contribution in [1.29, 1.82) is 0 Å². The molecular weight excluding hydrogens is 664 g/mol. The van der Waals surface area contributed by atoms with Crippen LogP contribution < -0.4 is 0 Å². The summed E-state index contributed by atoms with van der Waals surface area (Å²) in [5.74, 6) is -38.1. The number of ether oxygens (including phenoxy) is 3. The Morgan fingerprint density at radius 2 is 0.675 bits per heavy atom. The molecule has 28 heteroatoms. The van der Waals surface area contributed by atoms with Crippen LogP contribution in [-0.4, -0.2) is 72.6 Å². The fourth-order valence-corrected chi connectivity index (χ4v) is 1.56. The van der Waals surface area contributed by atoms with Gasteiger partial charge >= 0.3 is 72.6 Å². The minimum absolute atomic E-state index is 1.06. The largest absolute Gasteiger partial charge is 0.471 e. The van der Waals surface area contributed by atoms with Crippen LogP contribution in [0.4, 0.5) is 105 Å². The predicted molar refractivity (Wildman–Crippen MR) is 64.9 cm³/mol. The maximum Gasteiger partial charge on any atom is 0.471 e. The number of rotatable bonds is 9. The second-order valence-corrected chi connectivity index (χ2v) is 6.47. The summed E-state index contributed by atoms with van der Waals surface area (Å²) < 4.78 is 309. The van der Waals surface area contributed by atoms with Crippen molar-refractivity contribution in [2.45, 2.75) is 66.6 Å². The smallest absolute Gasteiger partial charge is 0.392 e. The third-order valence-corrected chi connectivity index (χ3v) is 3.57. The fourth-order valence-electron chi connectivity index (χ4n) is 1.56. The van der Waals surface area contributed by atoms with Gasteiger partial charge in [-0.2, -0.15) is 105 Å². The van der Waals surface area contributed by atoms with Gasteiger partial charge in [-0.25, -0.2) is 4.79 Å². The molecule has 240 valence electrons. The van der Waals surface area contributed by atoms with Crippen molar-refractivity contribution in [3.63, 3.8) is 0 Å². The van der Waals surface area contributed by atoms with Crippen LogP contribution in [0, 0.1) is 0 Å². The molecule has 0 aromatic carbocycles. The first kappa shape index (κ1) is 37.7. The topological polar surface area (TPSA) is 44.8 Å². The molecule has 0 bridgehead atoms. The summed E-state index contributed by atoms with van der Waals surface area (Å²) in [6.07, 6.45) is -56.6. The quantitative estimate of drug-likeness (QED) is 0.194. The lowest BCUT2D eigenvalue weighted by Gasteiger charge is -2.38. The van der Waals surface area contributed by atoms with Crippen molar-refractivity contribution in [1.82, 2.24) is 0 Å². The van der Waals surface area contributed by atoms with E-state index in [2.05, 4.69) is 0 Å². The number of carbonyl (C=O) groups excluding carboxylic acids is 1. The molecule has 0 spiro atoms. The Labute approximate surface area is 198 Å². The zero-order valence-corrected chi connectivity index (χ0v) is 16.7. The van der Waals surface area contributed by atoms with Crippen molar-refractivity contribution in [2.75, 3.05) is 0 Å². The Kier molecular flexibility index (Phi) is 9.08. The average molecular weight is 664 g/mol. The normalized spacial score (nSPS) is 18.7. The van der Waals surface area contributed by atoms with Crippen LogP contribution in [0.2, 0.25) is 0 Å². The number of hydrogen-bond acceptors (Lipinski definition) is 4. The van der Waals surface area contributed by atoms with E-state index >= 15 is 0 Å². The first-order valence-corrected chi connectivity index (χ1v) is 7.96.